The van der Waals surface area contributed by atoms with Gasteiger partial charge in [-0.05, 0) is 26.7 Å². The SMILES string of the molecule is CC1(C)COCCN1C(=O)C1(C(N)=S)CCOCC1. The molecule has 2 aliphatic rings. The molecule has 2 fully saturated rings. The summed E-state index contributed by atoms with van der Waals surface area (Å²) in [5.74, 6) is 0.0385. The Balaban J connectivity index is 2.26. The Morgan fingerprint density at radius 3 is 2.37 bits per heavy atom. The molecule has 108 valence electrons. The van der Waals surface area contributed by atoms with Gasteiger partial charge in [-0.3, -0.25) is 4.79 Å². The number of morpholine rings is 1. The molecule has 0 saturated carbocycles. The molecule has 0 aromatic carbocycles. The van der Waals surface area contributed by atoms with Crippen molar-refractivity contribution >= 4 is 23.1 Å². The van der Waals surface area contributed by atoms with Crippen LogP contribution in [0.3, 0.4) is 0 Å². The van der Waals surface area contributed by atoms with Gasteiger partial charge >= 0.3 is 0 Å². The van der Waals surface area contributed by atoms with Crippen LogP contribution in [-0.4, -0.2) is 54.3 Å². The van der Waals surface area contributed by atoms with Crippen molar-refractivity contribution < 1.29 is 14.3 Å². The Hall–Kier alpha value is -0.720. The van der Waals surface area contributed by atoms with E-state index in [1.54, 1.807) is 0 Å². The average Bonchev–Trinajstić information content (AvgIpc) is 2.38. The number of nitrogens with zero attached hydrogens (tertiary/aromatic N) is 1. The minimum absolute atomic E-state index is 0.0385. The Morgan fingerprint density at radius 1 is 1.21 bits per heavy atom. The first-order valence-corrected chi connectivity index (χ1v) is 7.08. The van der Waals surface area contributed by atoms with E-state index < -0.39 is 5.41 Å². The zero-order valence-corrected chi connectivity index (χ0v) is 12.4. The second-order valence-corrected chi connectivity index (χ2v) is 6.32. The van der Waals surface area contributed by atoms with Crippen molar-refractivity contribution in [2.45, 2.75) is 32.2 Å². The summed E-state index contributed by atoms with van der Waals surface area (Å²) in [7, 11) is 0. The zero-order valence-electron chi connectivity index (χ0n) is 11.6. The summed E-state index contributed by atoms with van der Waals surface area (Å²) in [5.41, 5.74) is 4.85. The van der Waals surface area contributed by atoms with E-state index in [9.17, 15) is 4.79 Å². The van der Waals surface area contributed by atoms with Crippen molar-refractivity contribution in [3.05, 3.63) is 0 Å². The number of ether oxygens (including phenoxy) is 2. The van der Waals surface area contributed by atoms with Crippen LogP contribution in [0.2, 0.25) is 0 Å². The molecule has 6 heteroatoms. The summed E-state index contributed by atoms with van der Waals surface area (Å²) < 4.78 is 10.8. The van der Waals surface area contributed by atoms with Crippen LogP contribution in [0.15, 0.2) is 0 Å². The normalized spacial score (nSPS) is 25.9. The lowest BCUT2D eigenvalue weighted by Crippen LogP contribution is -2.62. The van der Waals surface area contributed by atoms with Crippen molar-refractivity contribution in [2.24, 2.45) is 11.1 Å². The molecule has 0 aliphatic carbocycles. The van der Waals surface area contributed by atoms with Crippen molar-refractivity contribution in [1.29, 1.82) is 0 Å². The van der Waals surface area contributed by atoms with Crippen LogP contribution >= 0.6 is 12.2 Å². The van der Waals surface area contributed by atoms with Crippen LogP contribution < -0.4 is 5.73 Å². The fourth-order valence-corrected chi connectivity index (χ4v) is 3.07. The highest BCUT2D eigenvalue weighted by molar-refractivity contribution is 7.80. The fourth-order valence-electron chi connectivity index (χ4n) is 2.78. The predicted molar refractivity (Wildman–Crippen MR) is 75.9 cm³/mol. The van der Waals surface area contributed by atoms with E-state index in [2.05, 4.69) is 0 Å². The van der Waals surface area contributed by atoms with Crippen LogP contribution in [0.4, 0.5) is 0 Å². The molecule has 2 rings (SSSR count). The van der Waals surface area contributed by atoms with E-state index in [1.807, 2.05) is 18.7 Å². The number of hydrogen-bond donors (Lipinski definition) is 1. The molecule has 0 aromatic rings. The molecule has 2 saturated heterocycles. The zero-order chi connectivity index (χ0) is 14.1. The second-order valence-electron chi connectivity index (χ2n) is 5.88. The van der Waals surface area contributed by atoms with Crippen molar-refractivity contribution in [1.82, 2.24) is 4.90 Å². The van der Waals surface area contributed by atoms with Gasteiger partial charge in [0, 0.05) is 19.8 Å². The van der Waals surface area contributed by atoms with Gasteiger partial charge in [0.1, 0.15) is 5.41 Å². The van der Waals surface area contributed by atoms with E-state index >= 15 is 0 Å². The Morgan fingerprint density at radius 2 is 1.84 bits per heavy atom. The summed E-state index contributed by atoms with van der Waals surface area (Å²) in [6.07, 6.45) is 1.16. The first kappa shape index (κ1) is 14.7. The third-order valence-electron chi connectivity index (χ3n) is 4.12. The van der Waals surface area contributed by atoms with Crippen LogP contribution in [0.1, 0.15) is 26.7 Å². The third-order valence-corrected chi connectivity index (χ3v) is 4.51. The maximum absolute atomic E-state index is 13.0. The number of rotatable bonds is 2. The first-order chi connectivity index (χ1) is 8.90. The van der Waals surface area contributed by atoms with E-state index in [1.165, 1.54) is 0 Å². The molecule has 5 nitrogen and oxygen atoms in total. The molecule has 0 bridgehead atoms. The van der Waals surface area contributed by atoms with Crippen LogP contribution in [0, 0.1) is 5.41 Å². The minimum atomic E-state index is -0.734. The maximum Gasteiger partial charge on any atom is 0.236 e. The topological polar surface area (TPSA) is 64.8 Å². The molecular weight excluding hydrogens is 264 g/mol. The van der Waals surface area contributed by atoms with Gasteiger partial charge in [-0.15, -0.1) is 0 Å². The van der Waals surface area contributed by atoms with Gasteiger partial charge in [0.2, 0.25) is 5.91 Å². The number of carbonyl (C=O) groups excluding carboxylic acids is 1. The summed E-state index contributed by atoms with van der Waals surface area (Å²) in [6, 6.07) is 0. The quantitative estimate of drug-likeness (QED) is 0.757. The molecule has 0 unspecified atom stereocenters. The maximum atomic E-state index is 13.0. The van der Waals surface area contributed by atoms with Crippen molar-refractivity contribution in [3.8, 4) is 0 Å². The smallest absolute Gasteiger partial charge is 0.236 e. The number of carbonyl (C=O) groups is 1. The number of nitrogens with two attached hydrogens (primary N) is 1. The fraction of sp³-hybridized carbons (Fsp3) is 0.846. The predicted octanol–water partition coefficient (Wildman–Crippen LogP) is 0.707. The standard InChI is InChI=1S/C13H22N2O3S/c1-12(2)9-18-8-5-15(12)11(16)13(10(14)19)3-6-17-7-4-13/h3-9H2,1-2H3,(H2,14,19). The summed E-state index contributed by atoms with van der Waals surface area (Å²) in [6.45, 7) is 6.80. The lowest BCUT2D eigenvalue weighted by atomic mass is 9.77. The van der Waals surface area contributed by atoms with Gasteiger partial charge in [0.05, 0.1) is 23.7 Å². The van der Waals surface area contributed by atoms with E-state index in [0.29, 0.717) is 50.8 Å². The summed E-state index contributed by atoms with van der Waals surface area (Å²) >= 11 is 5.19. The van der Waals surface area contributed by atoms with Crippen molar-refractivity contribution in [3.63, 3.8) is 0 Å². The lowest BCUT2D eigenvalue weighted by molar-refractivity contribution is -0.157. The highest BCUT2D eigenvalue weighted by atomic mass is 32.1. The number of thiocarbonyl (C=S) groups is 1. The third kappa shape index (κ3) is 2.61. The molecule has 2 heterocycles. The summed E-state index contributed by atoms with van der Waals surface area (Å²) in [5, 5.41) is 0. The van der Waals surface area contributed by atoms with E-state index in [4.69, 9.17) is 27.4 Å². The van der Waals surface area contributed by atoms with Gasteiger partial charge in [-0.1, -0.05) is 12.2 Å². The molecule has 19 heavy (non-hydrogen) atoms. The monoisotopic (exact) mass is 286 g/mol. The summed E-state index contributed by atoms with van der Waals surface area (Å²) in [4.78, 5) is 15.2. The first-order valence-electron chi connectivity index (χ1n) is 6.68. The highest BCUT2D eigenvalue weighted by Crippen LogP contribution is 2.36. The van der Waals surface area contributed by atoms with Crippen LogP contribution in [0.25, 0.3) is 0 Å². The highest BCUT2D eigenvalue weighted by Gasteiger charge is 2.48. The lowest BCUT2D eigenvalue weighted by Gasteiger charge is -2.47. The molecule has 0 atom stereocenters. The Kier molecular flexibility index (Phi) is 4.13. The molecule has 1 amide bonds. The molecule has 0 aromatic heterocycles. The van der Waals surface area contributed by atoms with E-state index in [-0.39, 0.29) is 11.4 Å². The Bertz CT molecular complexity index is 378. The van der Waals surface area contributed by atoms with Crippen LogP contribution in [-0.2, 0) is 14.3 Å². The molecule has 2 N–H and O–H groups in total. The van der Waals surface area contributed by atoms with Crippen LogP contribution in [0.5, 0.6) is 0 Å². The van der Waals surface area contributed by atoms with Crippen molar-refractivity contribution in [2.75, 3.05) is 33.0 Å². The minimum Gasteiger partial charge on any atom is -0.392 e. The van der Waals surface area contributed by atoms with Gasteiger partial charge in [-0.2, -0.15) is 0 Å². The van der Waals surface area contributed by atoms with Gasteiger partial charge in [0.25, 0.3) is 0 Å². The number of amides is 1. The average molecular weight is 286 g/mol. The van der Waals surface area contributed by atoms with Gasteiger partial charge in [0.15, 0.2) is 0 Å². The molecule has 2 aliphatic heterocycles. The molecule has 0 radical (unpaired) electrons. The van der Waals surface area contributed by atoms with Gasteiger partial charge in [-0.25, -0.2) is 0 Å². The second kappa shape index (κ2) is 5.34. The molecule has 0 spiro atoms. The Labute approximate surface area is 119 Å². The molecular formula is C13H22N2O3S. The van der Waals surface area contributed by atoms with E-state index in [0.717, 1.165) is 0 Å². The van der Waals surface area contributed by atoms with Gasteiger partial charge < -0.3 is 20.1 Å². The largest absolute Gasteiger partial charge is 0.392 e. The number of hydrogen-bond acceptors (Lipinski definition) is 4.